The van der Waals surface area contributed by atoms with Gasteiger partial charge in [0, 0.05) is 11.8 Å². The predicted molar refractivity (Wildman–Crippen MR) is 74.6 cm³/mol. The summed E-state index contributed by atoms with van der Waals surface area (Å²) >= 11 is 0. The molecule has 1 aromatic carbocycles. The van der Waals surface area contributed by atoms with Crippen LogP contribution in [0.15, 0.2) is 36.5 Å². The second-order valence-electron chi connectivity index (χ2n) is 4.27. The summed E-state index contributed by atoms with van der Waals surface area (Å²) in [4.78, 5) is 14.5. The van der Waals surface area contributed by atoms with Crippen LogP contribution in [0.3, 0.4) is 0 Å². The molecule has 0 amide bonds. The van der Waals surface area contributed by atoms with Crippen LogP contribution in [-0.4, -0.2) is 22.1 Å². The van der Waals surface area contributed by atoms with E-state index in [1.54, 1.807) is 25.1 Å². The molecular formula is C14H14N2O5. The van der Waals surface area contributed by atoms with Crippen molar-refractivity contribution < 1.29 is 19.5 Å². The Labute approximate surface area is 120 Å². The van der Waals surface area contributed by atoms with Crippen LogP contribution in [-0.2, 0) is 0 Å². The Bertz CT molecular complexity index is 658. The van der Waals surface area contributed by atoms with Crippen molar-refractivity contribution >= 4 is 5.69 Å². The van der Waals surface area contributed by atoms with Gasteiger partial charge in [0.2, 0.25) is 11.6 Å². The van der Waals surface area contributed by atoms with Gasteiger partial charge in [0.05, 0.1) is 24.2 Å². The van der Waals surface area contributed by atoms with Crippen LogP contribution < -0.4 is 9.47 Å². The smallest absolute Gasteiger partial charge is 0.315 e. The van der Waals surface area contributed by atoms with E-state index in [0.717, 1.165) is 0 Å². The van der Waals surface area contributed by atoms with Gasteiger partial charge in [-0.25, -0.2) is 4.98 Å². The lowest BCUT2D eigenvalue weighted by molar-refractivity contribution is -0.385. The first-order valence-electron chi connectivity index (χ1n) is 6.16. The Balaban J connectivity index is 2.42. The predicted octanol–water partition coefficient (Wildman–Crippen LogP) is 2.84. The quantitative estimate of drug-likeness (QED) is 0.672. The van der Waals surface area contributed by atoms with E-state index in [4.69, 9.17) is 9.47 Å². The van der Waals surface area contributed by atoms with Crippen molar-refractivity contribution in [1.29, 1.82) is 0 Å². The minimum Gasteiger partial charge on any atom is -0.496 e. The lowest BCUT2D eigenvalue weighted by Gasteiger charge is -2.12. The Morgan fingerprint density at radius 1 is 1.38 bits per heavy atom. The number of pyridine rings is 1. The van der Waals surface area contributed by atoms with Crippen molar-refractivity contribution in [2.24, 2.45) is 0 Å². The van der Waals surface area contributed by atoms with Gasteiger partial charge in [-0.15, -0.1) is 0 Å². The van der Waals surface area contributed by atoms with E-state index in [0.29, 0.717) is 11.3 Å². The highest BCUT2D eigenvalue weighted by Gasteiger charge is 2.19. The molecule has 0 aliphatic carbocycles. The molecule has 0 fully saturated rings. The summed E-state index contributed by atoms with van der Waals surface area (Å²) in [5.41, 5.74) is 0.208. The molecule has 0 saturated carbocycles. The maximum Gasteiger partial charge on any atom is 0.315 e. The number of benzene rings is 1. The summed E-state index contributed by atoms with van der Waals surface area (Å²) in [5.74, 6) is 0.507. The summed E-state index contributed by atoms with van der Waals surface area (Å²) < 4.78 is 10.5. The lowest BCUT2D eigenvalue weighted by atomic mass is 10.2. The second-order valence-corrected chi connectivity index (χ2v) is 4.27. The van der Waals surface area contributed by atoms with Crippen LogP contribution in [0.4, 0.5) is 5.69 Å². The minimum absolute atomic E-state index is 0.0291. The second kappa shape index (κ2) is 6.19. The third kappa shape index (κ3) is 3.26. The maximum absolute atomic E-state index is 11.1. The molecule has 21 heavy (non-hydrogen) atoms. The van der Waals surface area contributed by atoms with E-state index >= 15 is 0 Å². The maximum atomic E-state index is 11.1. The minimum atomic E-state index is -0.800. The average Bonchev–Trinajstić information content (AvgIpc) is 2.47. The first-order valence-corrected chi connectivity index (χ1v) is 6.16. The third-order valence-electron chi connectivity index (χ3n) is 2.82. The molecule has 0 aliphatic heterocycles. The molecular weight excluding hydrogens is 276 g/mol. The van der Waals surface area contributed by atoms with Gasteiger partial charge < -0.3 is 14.6 Å². The standard InChI is InChI=1S/C14H14N2O5/c1-9(17)11-4-3-7-15-14(11)21-13-6-5-10(20-2)8-12(13)16(18)19/h3-9,17H,1-2H3/t9-/m0/s1. The molecule has 7 nitrogen and oxygen atoms in total. The molecule has 0 saturated heterocycles. The molecule has 0 spiro atoms. The van der Waals surface area contributed by atoms with Gasteiger partial charge in [-0.1, -0.05) is 0 Å². The molecule has 1 aromatic heterocycles. The summed E-state index contributed by atoms with van der Waals surface area (Å²) in [7, 11) is 1.42. The topological polar surface area (TPSA) is 94.7 Å². The SMILES string of the molecule is COc1ccc(Oc2ncccc2[C@H](C)O)c([N+](=O)[O-])c1. The van der Waals surface area contributed by atoms with Crippen LogP contribution in [0.1, 0.15) is 18.6 Å². The highest BCUT2D eigenvalue weighted by molar-refractivity contribution is 5.52. The van der Waals surface area contributed by atoms with Crippen molar-refractivity contribution in [2.45, 2.75) is 13.0 Å². The van der Waals surface area contributed by atoms with Crippen LogP contribution in [0.2, 0.25) is 0 Å². The van der Waals surface area contributed by atoms with E-state index in [9.17, 15) is 15.2 Å². The van der Waals surface area contributed by atoms with E-state index in [1.165, 1.54) is 25.4 Å². The van der Waals surface area contributed by atoms with E-state index < -0.39 is 11.0 Å². The molecule has 7 heteroatoms. The number of nitrogens with zero attached hydrogens (tertiary/aromatic N) is 2. The number of methoxy groups -OCH3 is 1. The van der Waals surface area contributed by atoms with Gasteiger partial charge in [0.25, 0.3) is 0 Å². The summed E-state index contributed by atoms with van der Waals surface area (Å²) in [6, 6.07) is 7.53. The first-order chi connectivity index (χ1) is 10.0. The van der Waals surface area contributed by atoms with Crippen LogP contribution in [0.25, 0.3) is 0 Å². The Morgan fingerprint density at radius 2 is 2.14 bits per heavy atom. The fraction of sp³-hybridized carbons (Fsp3) is 0.214. The number of aliphatic hydroxyl groups is 1. The highest BCUT2D eigenvalue weighted by atomic mass is 16.6. The molecule has 110 valence electrons. The lowest BCUT2D eigenvalue weighted by Crippen LogP contribution is -2.00. The van der Waals surface area contributed by atoms with Crippen molar-refractivity contribution in [3.8, 4) is 17.4 Å². The summed E-state index contributed by atoms with van der Waals surface area (Å²) in [6.07, 6.45) is 0.683. The van der Waals surface area contributed by atoms with Crippen molar-refractivity contribution in [3.63, 3.8) is 0 Å². The van der Waals surface area contributed by atoms with Gasteiger partial charge in [0.1, 0.15) is 5.75 Å². The summed E-state index contributed by atoms with van der Waals surface area (Å²) in [6.45, 7) is 1.56. The number of rotatable bonds is 5. The molecule has 2 rings (SSSR count). The molecule has 0 radical (unpaired) electrons. The van der Waals surface area contributed by atoms with E-state index in [1.807, 2.05) is 0 Å². The number of aromatic nitrogens is 1. The Kier molecular flexibility index (Phi) is 4.34. The van der Waals surface area contributed by atoms with E-state index in [2.05, 4.69) is 4.98 Å². The number of nitro benzene ring substituents is 1. The van der Waals surface area contributed by atoms with Crippen LogP contribution in [0.5, 0.6) is 17.4 Å². The highest BCUT2D eigenvalue weighted by Crippen LogP contribution is 2.35. The molecule has 1 heterocycles. The van der Waals surface area contributed by atoms with Crippen molar-refractivity contribution in [2.75, 3.05) is 7.11 Å². The zero-order valence-electron chi connectivity index (χ0n) is 11.5. The molecule has 0 aliphatic rings. The van der Waals surface area contributed by atoms with Gasteiger partial charge in [-0.3, -0.25) is 10.1 Å². The van der Waals surface area contributed by atoms with Gasteiger partial charge in [-0.05, 0) is 31.2 Å². The fourth-order valence-corrected chi connectivity index (χ4v) is 1.76. The molecule has 2 aromatic rings. The largest absolute Gasteiger partial charge is 0.496 e. The zero-order valence-corrected chi connectivity index (χ0v) is 11.5. The number of hydrogen-bond acceptors (Lipinski definition) is 6. The molecule has 0 bridgehead atoms. The van der Waals surface area contributed by atoms with Gasteiger partial charge in [-0.2, -0.15) is 0 Å². The average molecular weight is 290 g/mol. The van der Waals surface area contributed by atoms with Crippen molar-refractivity contribution in [3.05, 3.63) is 52.2 Å². The number of nitro groups is 1. The summed E-state index contributed by atoms with van der Waals surface area (Å²) in [5, 5.41) is 20.8. The van der Waals surface area contributed by atoms with Gasteiger partial charge >= 0.3 is 5.69 Å². The van der Waals surface area contributed by atoms with Crippen LogP contribution >= 0.6 is 0 Å². The monoisotopic (exact) mass is 290 g/mol. The van der Waals surface area contributed by atoms with Crippen LogP contribution in [0, 0.1) is 10.1 Å². The fourth-order valence-electron chi connectivity index (χ4n) is 1.76. The molecule has 0 unspecified atom stereocenters. The third-order valence-corrected chi connectivity index (χ3v) is 2.82. The molecule has 1 atom stereocenters. The number of ether oxygens (including phenoxy) is 2. The van der Waals surface area contributed by atoms with Gasteiger partial charge in [0.15, 0.2) is 0 Å². The Morgan fingerprint density at radius 3 is 2.76 bits per heavy atom. The zero-order chi connectivity index (χ0) is 15.4. The van der Waals surface area contributed by atoms with E-state index in [-0.39, 0.29) is 17.3 Å². The molecule has 1 N–H and O–H groups in total. The number of aliphatic hydroxyl groups excluding tert-OH is 1. The Hall–Kier alpha value is -2.67. The number of hydrogen-bond donors (Lipinski definition) is 1. The normalized spacial score (nSPS) is 11.8. The first kappa shape index (κ1) is 14.7. The van der Waals surface area contributed by atoms with Crippen molar-refractivity contribution in [1.82, 2.24) is 4.98 Å².